The molecule has 0 aliphatic carbocycles. The number of anilines is 1. The van der Waals surface area contributed by atoms with Gasteiger partial charge >= 0.3 is 12.1 Å². The maximum absolute atomic E-state index is 12.7. The topological polar surface area (TPSA) is 145 Å². The van der Waals surface area contributed by atoms with Crippen LogP contribution in [0.15, 0.2) is 41.3 Å². The second kappa shape index (κ2) is 9.95. The Morgan fingerprint density at radius 2 is 1.76 bits per heavy atom. The molecule has 14 heteroatoms. The molecule has 0 heterocycles. The van der Waals surface area contributed by atoms with Gasteiger partial charge in [-0.3, -0.25) is 19.7 Å². The minimum absolute atomic E-state index is 0.0780. The molecule has 0 aliphatic heterocycles. The number of nitrogens with zero attached hydrogens (tertiary/aromatic N) is 1. The first-order valence-corrected chi connectivity index (χ1v) is 10.6. The van der Waals surface area contributed by atoms with Crippen molar-refractivity contribution >= 4 is 33.3 Å². The molecule has 0 saturated heterocycles. The third-order valence-corrected chi connectivity index (χ3v) is 5.75. The van der Waals surface area contributed by atoms with Crippen LogP contribution < -0.4 is 10.0 Å². The lowest BCUT2D eigenvalue weighted by molar-refractivity contribution is -0.384. The smallest absolute Gasteiger partial charge is 0.416 e. The normalized spacial score (nSPS) is 11.7. The number of halogens is 3. The van der Waals surface area contributed by atoms with E-state index < -0.39 is 63.1 Å². The third kappa shape index (κ3) is 6.98. The third-order valence-electron chi connectivity index (χ3n) is 4.36. The number of nitrogens with one attached hydrogen (secondary N) is 2. The second-order valence-corrected chi connectivity index (χ2v) is 8.53. The van der Waals surface area contributed by atoms with Crippen LogP contribution in [0.2, 0.25) is 0 Å². The molecule has 2 rings (SSSR count). The maximum Gasteiger partial charge on any atom is 0.416 e. The lowest BCUT2D eigenvalue weighted by Gasteiger charge is -2.11. The van der Waals surface area contributed by atoms with Gasteiger partial charge in [-0.2, -0.15) is 17.9 Å². The Hall–Kier alpha value is -3.52. The van der Waals surface area contributed by atoms with Gasteiger partial charge in [0.1, 0.15) is 12.2 Å². The van der Waals surface area contributed by atoms with E-state index in [1.54, 1.807) is 19.9 Å². The number of hydrogen-bond acceptors (Lipinski definition) is 7. The van der Waals surface area contributed by atoms with Gasteiger partial charge in [0.15, 0.2) is 6.61 Å². The van der Waals surface area contributed by atoms with E-state index in [9.17, 15) is 41.3 Å². The van der Waals surface area contributed by atoms with Gasteiger partial charge in [0, 0.05) is 6.07 Å². The molecule has 0 unspecified atom stereocenters. The van der Waals surface area contributed by atoms with Gasteiger partial charge in [-0.15, -0.1) is 0 Å². The number of nitro groups is 1. The highest BCUT2D eigenvalue weighted by molar-refractivity contribution is 7.89. The molecule has 0 saturated carbocycles. The predicted octanol–water partition coefficient (Wildman–Crippen LogP) is 2.69. The maximum atomic E-state index is 12.7. The van der Waals surface area contributed by atoms with Crippen LogP contribution >= 0.6 is 0 Å². The van der Waals surface area contributed by atoms with Crippen molar-refractivity contribution in [2.45, 2.75) is 24.9 Å². The first-order chi connectivity index (χ1) is 15.2. The molecule has 0 spiro atoms. The molecular formula is C19H18F3N3O7S. The van der Waals surface area contributed by atoms with Crippen molar-refractivity contribution in [3.05, 3.63) is 63.2 Å². The largest absolute Gasteiger partial charge is 0.455 e. The van der Waals surface area contributed by atoms with E-state index in [0.29, 0.717) is 12.1 Å². The SMILES string of the molecule is Cc1ccc(S(=O)(=O)NCC(=O)OCC(=O)Nc2ccc(C(F)(F)F)cc2[N+](=O)[O-])cc1C. The van der Waals surface area contributed by atoms with Gasteiger partial charge in [0.05, 0.1) is 15.4 Å². The molecule has 2 N–H and O–H groups in total. The van der Waals surface area contributed by atoms with E-state index in [4.69, 9.17) is 0 Å². The predicted molar refractivity (Wildman–Crippen MR) is 109 cm³/mol. The number of benzene rings is 2. The number of ether oxygens (including phenoxy) is 1. The molecule has 0 radical (unpaired) electrons. The fourth-order valence-electron chi connectivity index (χ4n) is 2.47. The Morgan fingerprint density at radius 1 is 1.09 bits per heavy atom. The van der Waals surface area contributed by atoms with Crippen molar-refractivity contribution in [2.24, 2.45) is 0 Å². The molecule has 178 valence electrons. The summed E-state index contributed by atoms with van der Waals surface area (Å²) in [6.07, 6.45) is -4.83. The molecule has 10 nitrogen and oxygen atoms in total. The average molecular weight is 489 g/mol. The highest BCUT2D eigenvalue weighted by Gasteiger charge is 2.33. The Labute approximate surface area is 185 Å². The molecule has 0 aliphatic rings. The molecule has 2 aromatic rings. The van der Waals surface area contributed by atoms with E-state index in [2.05, 4.69) is 4.74 Å². The van der Waals surface area contributed by atoms with Crippen LogP contribution in [0, 0.1) is 24.0 Å². The number of aryl methyl sites for hydroxylation is 2. The summed E-state index contributed by atoms with van der Waals surface area (Å²) in [7, 11) is -4.03. The number of esters is 1. The molecule has 33 heavy (non-hydrogen) atoms. The van der Waals surface area contributed by atoms with Crippen molar-refractivity contribution < 1.29 is 40.8 Å². The standard InChI is InChI=1S/C19H18F3N3O7S/c1-11-3-5-14(7-12(11)2)33(30,31)23-9-18(27)32-10-17(26)24-15-6-4-13(19(20,21)22)8-16(15)25(28)29/h3-8,23H,9-10H2,1-2H3,(H,24,26). The fraction of sp³-hybridized carbons (Fsp3) is 0.263. The van der Waals surface area contributed by atoms with E-state index in [-0.39, 0.29) is 11.0 Å². The summed E-state index contributed by atoms with van der Waals surface area (Å²) >= 11 is 0. The molecule has 1 amide bonds. The zero-order valence-corrected chi connectivity index (χ0v) is 18.0. The Morgan fingerprint density at radius 3 is 2.33 bits per heavy atom. The van der Waals surface area contributed by atoms with Crippen molar-refractivity contribution in [2.75, 3.05) is 18.5 Å². The quantitative estimate of drug-likeness (QED) is 0.329. The Balaban J connectivity index is 1.95. The lowest BCUT2D eigenvalue weighted by atomic mass is 10.1. The molecule has 0 fully saturated rings. The molecular weight excluding hydrogens is 471 g/mol. The summed E-state index contributed by atoms with van der Waals surface area (Å²) in [6, 6.07) is 5.83. The highest BCUT2D eigenvalue weighted by Crippen LogP contribution is 2.34. The molecule has 2 aromatic carbocycles. The number of rotatable bonds is 8. The van der Waals surface area contributed by atoms with Gasteiger partial charge in [-0.05, 0) is 49.2 Å². The molecule has 0 aromatic heterocycles. The summed E-state index contributed by atoms with van der Waals surface area (Å²) in [5, 5.41) is 13.0. The zero-order chi connectivity index (χ0) is 25.0. The summed E-state index contributed by atoms with van der Waals surface area (Å²) in [6.45, 7) is 1.74. The van der Waals surface area contributed by atoms with Crippen LogP contribution in [0.4, 0.5) is 24.5 Å². The first kappa shape index (κ1) is 25.7. The minimum atomic E-state index is -4.83. The number of hydrogen-bond donors (Lipinski definition) is 2. The highest BCUT2D eigenvalue weighted by atomic mass is 32.2. The van der Waals surface area contributed by atoms with E-state index in [1.807, 2.05) is 10.0 Å². The van der Waals surface area contributed by atoms with Gasteiger partial charge in [-0.25, -0.2) is 8.42 Å². The van der Waals surface area contributed by atoms with Crippen LogP contribution in [0.25, 0.3) is 0 Å². The Kier molecular flexibility index (Phi) is 7.76. The van der Waals surface area contributed by atoms with E-state index in [0.717, 1.165) is 11.1 Å². The first-order valence-electron chi connectivity index (χ1n) is 9.09. The van der Waals surface area contributed by atoms with Crippen molar-refractivity contribution in [1.82, 2.24) is 4.72 Å². The number of carbonyl (C=O) groups is 2. The summed E-state index contributed by atoms with van der Waals surface area (Å²) in [4.78, 5) is 33.5. The number of nitro benzene ring substituents is 1. The van der Waals surface area contributed by atoms with Crippen LogP contribution in [-0.2, 0) is 30.5 Å². The number of amides is 1. The zero-order valence-electron chi connectivity index (χ0n) is 17.2. The van der Waals surface area contributed by atoms with Crippen molar-refractivity contribution in [3.8, 4) is 0 Å². The van der Waals surface area contributed by atoms with Gasteiger partial charge < -0.3 is 10.1 Å². The molecule has 0 bridgehead atoms. The van der Waals surface area contributed by atoms with Crippen molar-refractivity contribution in [3.63, 3.8) is 0 Å². The monoisotopic (exact) mass is 489 g/mol. The fourth-order valence-corrected chi connectivity index (χ4v) is 3.52. The van der Waals surface area contributed by atoms with E-state index >= 15 is 0 Å². The van der Waals surface area contributed by atoms with Crippen LogP contribution in [0.3, 0.4) is 0 Å². The van der Waals surface area contributed by atoms with Crippen LogP contribution in [0.5, 0.6) is 0 Å². The second-order valence-electron chi connectivity index (χ2n) is 6.77. The molecule has 0 atom stereocenters. The van der Waals surface area contributed by atoms with Gasteiger partial charge in [0.25, 0.3) is 11.6 Å². The number of carbonyl (C=O) groups excluding carboxylic acids is 2. The summed E-state index contributed by atoms with van der Waals surface area (Å²) in [5.74, 6) is -2.21. The minimum Gasteiger partial charge on any atom is -0.455 e. The number of sulfonamides is 1. The Bertz CT molecular complexity index is 1200. The van der Waals surface area contributed by atoms with Crippen LogP contribution in [0.1, 0.15) is 16.7 Å². The average Bonchev–Trinajstić information content (AvgIpc) is 2.72. The summed E-state index contributed by atoms with van der Waals surface area (Å²) < 4.78 is 69.2. The lowest BCUT2D eigenvalue weighted by Crippen LogP contribution is -2.32. The van der Waals surface area contributed by atoms with Gasteiger partial charge in [0.2, 0.25) is 10.0 Å². The summed E-state index contributed by atoms with van der Waals surface area (Å²) in [5.41, 5.74) is -1.24. The van der Waals surface area contributed by atoms with Crippen LogP contribution in [-0.4, -0.2) is 38.4 Å². The van der Waals surface area contributed by atoms with Crippen molar-refractivity contribution in [1.29, 1.82) is 0 Å². The number of alkyl halides is 3. The van der Waals surface area contributed by atoms with E-state index in [1.165, 1.54) is 12.1 Å². The van der Waals surface area contributed by atoms with Gasteiger partial charge in [-0.1, -0.05) is 6.07 Å².